The number of aryl methyl sites for hydroxylation is 1. The van der Waals surface area contributed by atoms with E-state index in [-0.39, 0.29) is 0 Å². The molecule has 0 spiro atoms. The average molecular weight is 261 g/mol. The van der Waals surface area contributed by atoms with Crippen molar-refractivity contribution >= 4 is 44.5 Å². The van der Waals surface area contributed by atoms with E-state index in [1.807, 2.05) is 13.1 Å². The summed E-state index contributed by atoms with van der Waals surface area (Å²) >= 11 is 9.27. The Morgan fingerprint density at radius 1 is 1.54 bits per heavy atom. The Bertz CT molecular complexity index is 478. The average Bonchev–Trinajstić information content (AvgIpc) is 2.32. The zero-order chi connectivity index (χ0) is 9.59. The van der Waals surface area contributed by atoms with E-state index in [0.29, 0.717) is 11.0 Å². The van der Waals surface area contributed by atoms with Gasteiger partial charge in [-0.05, 0) is 28.1 Å². The van der Waals surface area contributed by atoms with Gasteiger partial charge in [-0.3, -0.25) is 0 Å². The summed E-state index contributed by atoms with van der Waals surface area (Å²) in [6.45, 7) is 0. The van der Waals surface area contributed by atoms with Crippen LogP contribution in [0, 0.1) is 0 Å². The molecule has 0 bridgehead atoms. The SMILES string of the molecule is Cn1c(N)nc2c(Br)cc(Cl)cc21. The lowest BCUT2D eigenvalue weighted by Crippen LogP contribution is -1.95. The van der Waals surface area contributed by atoms with E-state index in [2.05, 4.69) is 20.9 Å². The number of fused-ring (bicyclic) bond motifs is 1. The number of aromatic nitrogens is 2. The lowest BCUT2D eigenvalue weighted by Gasteiger charge is -1.97. The molecule has 0 aliphatic rings. The molecule has 0 aliphatic heterocycles. The van der Waals surface area contributed by atoms with Gasteiger partial charge in [0.05, 0.1) is 5.52 Å². The number of imidazole rings is 1. The molecule has 0 unspecified atom stereocenters. The maximum Gasteiger partial charge on any atom is 0.200 e. The van der Waals surface area contributed by atoms with Crippen LogP contribution in [0.1, 0.15) is 0 Å². The van der Waals surface area contributed by atoms with Crippen molar-refractivity contribution in [2.24, 2.45) is 7.05 Å². The van der Waals surface area contributed by atoms with Gasteiger partial charge in [-0.1, -0.05) is 11.6 Å². The molecule has 0 atom stereocenters. The highest BCUT2D eigenvalue weighted by Crippen LogP contribution is 2.28. The second-order valence-corrected chi connectivity index (χ2v) is 4.08. The summed E-state index contributed by atoms with van der Waals surface area (Å²) in [5.74, 6) is 0.484. The molecule has 0 radical (unpaired) electrons. The summed E-state index contributed by atoms with van der Waals surface area (Å²) in [4.78, 5) is 4.19. The van der Waals surface area contributed by atoms with Gasteiger partial charge in [-0.15, -0.1) is 0 Å². The highest BCUT2D eigenvalue weighted by molar-refractivity contribution is 9.10. The van der Waals surface area contributed by atoms with Crippen LogP contribution in [-0.2, 0) is 7.05 Å². The molecule has 2 N–H and O–H groups in total. The molecular formula is C8H7BrClN3. The summed E-state index contributed by atoms with van der Waals surface area (Å²) in [5, 5.41) is 0.669. The minimum atomic E-state index is 0.484. The zero-order valence-corrected chi connectivity index (χ0v) is 9.22. The van der Waals surface area contributed by atoms with Crippen molar-refractivity contribution in [3.05, 3.63) is 21.6 Å². The fourth-order valence-electron chi connectivity index (χ4n) is 1.23. The van der Waals surface area contributed by atoms with Crippen LogP contribution in [0.15, 0.2) is 16.6 Å². The van der Waals surface area contributed by atoms with Crippen molar-refractivity contribution in [3.8, 4) is 0 Å². The molecule has 2 aromatic rings. The third-order valence-electron chi connectivity index (χ3n) is 1.94. The fraction of sp³-hybridized carbons (Fsp3) is 0.125. The highest BCUT2D eigenvalue weighted by Gasteiger charge is 2.08. The van der Waals surface area contributed by atoms with Gasteiger partial charge in [-0.25, -0.2) is 4.98 Å². The minimum absolute atomic E-state index is 0.484. The number of benzene rings is 1. The molecule has 0 fully saturated rings. The number of nitrogens with two attached hydrogens (primary N) is 1. The standard InChI is InChI=1S/C8H7BrClN3/c1-13-6-3-4(10)2-5(9)7(6)12-8(13)11/h2-3H,1H3,(H2,11,12). The molecule has 3 nitrogen and oxygen atoms in total. The minimum Gasteiger partial charge on any atom is -0.369 e. The summed E-state index contributed by atoms with van der Waals surface area (Å²) in [7, 11) is 1.85. The number of rotatable bonds is 0. The van der Waals surface area contributed by atoms with E-state index in [1.54, 1.807) is 10.6 Å². The van der Waals surface area contributed by atoms with Gasteiger partial charge in [0.2, 0.25) is 5.95 Å². The smallest absolute Gasteiger partial charge is 0.200 e. The predicted octanol–water partition coefficient (Wildman–Crippen LogP) is 2.57. The van der Waals surface area contributed by atoms with Crippen LogP contribution < -0.4 is 5.73 Å². The van der Waals surface area contributed by atoms with E-state index in [0.717, 1.165) is 15.5 Å². The molecule has 0 amide bonds. The number of anilines is 1. The van der Waals surface area contributed by atoms with Crippen LogP contribution in [0.2, 0.25) is 5.02 Å². The second-order valence-electron chi connectivity index (χ2n) is 2.78. The van der Waals surface area contributed by atoms with Crippen LogP contribution in [0.3, 0.4) is 0 Å². The van der Waals surface area contributed by atoms with E-state index in [4.69, 9.17) is 17.3 Å². The maximum absolute atomic E-state index is 5.89. The first-order valence-electron chi connectivity index (χ1n) is 3.66. The molecule has 0 saturated heterocycles. The largest absolute Gasteiger partial charge is 0.369 e. The first-order valence-corrected chi connectivity index (χ1v) is 4.83. The number of halogens is 2. The first kappa shape index (κ1) is 8.84. The molecule has 1 aromatic heterocycles. The third-order valence-corrected chi connectivity index (χ3v) is 2.76. The third kappa shape index (κ3) is 1.30. The Morgan fingerprint density at radius 2 is 2.23 bits per heavy atom. The molecule has 5 heteroatoms. The number of nitrogen functional groups attached to an aromatic ring is 1. The van der Waals surface area contributed by atoms with Gasteiger partial charge in [-0.2, -0.15) is 0 Å². The van der Waals surface area contributed by atoms with Gasteiger partial charge >= 0.3 is 0 Å². The van der Waals surface area contributed by atoms with Crippen LogP contribution >= 0.6 is 27.5 Å². The lowest BCUT2D eigenvalue weighted by atomic mass is 10.3. The molecule has 13 heavy (non-hydrogen) atoms. The van der Waals surface area contributed by atoms with Crippen molar-refractivity contribution in [1.29, 1.82) is 0 Å². The van der Waals surface area contributed by atoms with Gasteiger partial charge in [0.25, 0.3) is 0 Å². The van der Waals surface area contributed by atoms with Gasteiger partial charge < -0.3 is 10.3 Å². The number of hydrogen-bond donors (Lipinski definition) is 1. The number of nitrogens with zero attached hydrogens (tertiary/aromatic N) is 2. The maximum atomic E-state index is 5.89. The summed E-state index contributed by atoms with van der Waals surface area (Å²) in [6.07, 6.45) is 0. The summed E-state index contributed by atoms with van der Waals surface area (Å²) in [5.41, 5.74) is 7.42. The zero-order valence-electron chi connectivity index (χ0n) is 6.88. The Hall–Kier alpha value is -0.740. The first-order chi connectivity index (χ1) is 6.09. The van der Waals surface area contributed by atoms with Crippen molar-refractivity contribution in [1.82, 2.24) is 9.55 Å². The normalized spacial score (nSPS) is 11.0. The molecule has 2 rings (SSSR count). The highest BCUT2D eigenvalue weighted by atomic mass is 79.9. The van der Waals surface area contributed by atoms with Gasteiger partial charge in [0, 0.05) is 16.5 Å². The van der Waals surface area contributed by atoms with E-state index in [1.165, 1.54) is 0 Å². The Labute approximate surface area is 88.6 Å². The topological polar surface area (TPSA) is 43.8 Å². The molecular weight excluding hydrogens is 253 g/mol. The number of hydrogen-bond acceptors (Lipinski definition) is 2. The van der Waals surface area contributed by atoms with Crippen molar-refractivity contribution < 1.29 is 0 Å². The summed E-state index contributed by atoms with van der Waals surface area (Å²) in [6, 6.07) is 3.64. The lowest BCUT2D eigenvalue weighted by molar-refractivity contribution is 0.965. The molecule has 0 saturated carbocycles. The second kappa shape index (κ2) is 2.89. The van der Waals surface area contributed by atoms with Crippen molar-refractivity contribution in [2.45, 2.75) is 0 Å². The van der Waals surface area contributed by atoms with Crippen molar-refractivity contribution in [3.63, 3.8) is 0 Å². The van der Waals surface area contributed by atoms with Gasteiger partial charge in [0.15, 0.2) is 0 Å². The monoisotopic (exact) mass is 259 g/mol. The molecule has 0 aliphatic carbocycles. The molecule has 1 aromatic carbocycles. The van der Waals surface area contributed by atoms with Crippen LogP contribution in [0.5, 0.6) is 0 Å². The molecule has 68 valence electrons. The predicted molar refractivity (Wildman–Crippen MR) is 57.8 cm³/mol. The summed E-state index contributed by atoms with van der Waals surface area (Å²) < 4.78 is 2.66. The van der Waals surface area contributed by atoms with Crippen molar-refractivity contribution in [2.75, 3.05) is 5.73 Å². The fourth-order valence-corrected chi connectivity index (χ4v) is 2.11. The quantitative estimate of drug-likeness (QED) is 0.791. The van der Waals surface area contributed by atoms with Crippen LogP contribution in [-0.4, -0.2) is 9.55 Å². The Morgan fingerprint density at radius 3 is 2.92 bits per heavy atom. The van der Waals surface area contributed by atoms with E-state index < -0.39 is 0 Å². The van der Waals surface area contributed by atoms with E-state index in [9.17, 15) is 0 Å². The Balaban J connectivity index is 2.94. The van der Waals surface area contributed by atoms with Crippen LogP contribution in [0.25, 0.3) is 11.0 Å². The Kier molecular flexibility index (Phi) is 1.96. The van der Waals surface area contributed by atoms with E-state index >= 15 is 0 Å². The van der Waals surface area contributed by atoms with Gasteiger partial charge in [0.1, 0.15) is 5.52 Å². The molecule has 1 heterocycles. The van der Waals surface area contributed by atoms with Crippen LogP contribution in [0.4, 0.5) is 5.95 Å².